The predicted octanol–water partition coefficient (Wildman–Crippen LogP) is 3.29. The first-order valence-electron chi connectivity index (χ1n) is 8.14. The summed E-state index contributed by atoms with van der Waals surface area (Å²) in [6.45, 7) is 5.58. The van der Waals surface area contributed by atoms with E-state index >= 15 is 0 Å². The summed E-state index contributed by atoms with van der Waals surface area (Å²) < 4.78 is 5.55. The quantitative estimate of drug-likeness (QED) is 0.807. The van der Waals surface area contributed by atoms with Gasteiger partial charge in [0.25, 0.3) is 0 Å². The average molecular weight is 307 g/mol. The topological polar surface area (TPSA) is 41.2 Å². The number of aryl methyl sites for hydroxylation is 1. The second kappa shape index (κ2) is 6.14. The van der Waals surface area contributed by atoms with Crippen LogP contribution in [0.4, 0.5) is 0 Å². The van der Waals surface area contributed by atoms with E-state index in [4.69, 9.17) is 4.74 Å². The molecule has 4 nitrogen and oxygen atoms in total. The molecule has 1 aliphatic heterocycles. The number of H-pyrrole nitrogens is 1. The van der Waals surface area contributed by atoms with Gasteiger partial charge in [0.2, 0.25) is 0 Å². The predicted molar refractivity (Wildman–Crippen MR) is 91.5 cm³/mol. The molecule has 0 amide bonds. The first-order valence-corrected chi connectivity index (χ1v) is 8.14. The van der Waals surface area contributed by atoms with Crippen molar-refractivity contribution >= 4 is 10.9 Å². The van der Waals surface area contributed by atoms with Crippen LogP contribution in [0.2, 0.25) is 0 Å². The fourth-order valence-electron chi connectivity index (χ4n) is 3.54. The molecule has 0 radical (unpaired) electrons. The Kier molecular flexibility index (Phi) is 3.85. The fourth-order valence-corrected chi connectivity index (χ4v) is 3.54. The first kappa shape index (κ1) is 14.4. The Morgan fingerprint density at radius 2 is 1.87 bits per heavy atom. The maximum atomic E-state index is 5.55. The minimum atomic E-state index is 0.163. The third-order valence-corrected chi connectivity index (χ3v) is 4.60. The lowest BCUT2D eigenvalue weighted by molar-refractivity contribution is 0.0234. The van der Waals surface area contributed by atoms with E-state index in [0.717, 1.165) is 32.0 Å². The third-order valence-electron chi connectivity index (χ3n) is 4.60. The summed E-state index contributed by atoms with van der Waals surface area (Å²) in [6, 6.07) is 14.9. The number of pyridine rings is 1. The second-order valence-electron chi connectivity index (χ2n) is 6.01. The summed E-state index contributed by atoms with van der Waals surface area (Å²) in [6.07, 6.45) is 1.88. The highest BCUT2D eigenvalue weighted by Crippen LogP contribution is 2.35. The van der Waals surface area contributed by atoms with E-state index < -0.39 is 0 Å². The molecule has 3 aromatic rings. The Bertz CT molecular complexity index is 791. The standard InChI is InChI=1S/C19H21N3O/c1-14-18(15-6-2-3-7-16(15)21-14)19(17-8-4-5-9-20-17)22-10-12-23-13-11-22/h2-9,19,21H,10-13H2,1H3/t19-/m1/s1. The lowest BCUT2D eigenvalue weighted by Gasteiger charge is -2.34. The minimum absolute atomic E-state index is 0.163. The molecule has 0 unspecified atom stereocenters. The zero-order valence-electron chi connectivity index (χ0n) is 13.3. The molecule has 1 atom stereocenters. The first-order chi connectivity index (χ1) is 11.3. The zero-order chi connectivity index (χ0) is 15.6. The second-order valence-corrected chi connectivity index (χ2v) is 6.01. The van der Waals surface area contributed by atoms with Crippen LogP contribution in [0.25, 0.3) is 10.9 Å². The molecule has 3 heterocycles. The Hall–Kier alpha value is -2.17. The molecule has 0 bridgehead atoms. The van der Waals surface area contributed by atoms with Crippen LogP contribution in [0.5, 0.6) is 0 Å². The summed E-state index contributed by atoms with van der Waals surface area (Å²) in [5, 5.41) is 1.28. The van der Waals surface area contributed by atoms with E-state index in [1.165, 1.54) is 22.2 Å². The summed E-state index contributed by atoms with van der Waals surface area (Å²) in [5.41, 5.74) is 4.84. The Balaban J connectivity index is 1.88. The molecule has 1 aliphatic rings. The normalized spacial score (nSPS) is 17.4. The van der Waals surface area contributed by atoms with Crippen LogP contribution in [-0.2, 0) is 4.74 Å². The molecule has 0 saturated carbocycles. The molecule has 4 heteroatoms. The van der Waals surface area contributed by atoms with E-state index in [-0.39, 0.29) is 6.04 Å². The Morgan fingerprint density at radius 3 is 2.65 bits per heavy atom. The highest BCUT2D eigenvalue weighted by molar-refractivity contribution is 5.85. The highest BCUT2D eigenvalue weighted by atomic mass is 16.5. The molecular formula is C19H21N3O. The zero-order valence-corrected chi connectivity index (χ0v) is 13.3. The van der Waals surface area contributed by atoms with Gasteiger partial charge in [0.1, 0.15) is 0 Å². The van der Waals surface area contributed by atoms with Gasteiger partial charge in [-0.05, 0) is 25.1 Å². The summed E-state index contributed by atoms with van der Waals surface area (Å²) in [5.74, 6) is 0. The number of morpholine rings is 1. The number of aromatic amines is 1. The van der Waals surface area contributed by atoms with Crippen LogP contribution < -0.4 is 0 Å². The van der Waals surface area contributed by atoms with E-state index in [1.807, 2.05) is 12.3 Å². The SMILES string of the molecule is Cc1[nH]c2ccccc2c1[C@@H](c1ccccn1)N1CCOCC1. The maximum absolute atomic E-state index is 5.55. The largest absolute Gasteiger partial charge is 0.379 e. The van der Waals surface area contributed by atoms with Crippen molar-refractivity contribution in [3.8, 4) is 0 Å². The van der Waals surface area contributed by atoms with E-state index in [9.17, 15) is 0 Å². The van der Waals surface area contributed by atoms with Crippen molar-refractivity contribution in [1.82, 2.24) is 14.9 Å². The van der Waals surface area contributed by atoms with Crippen LogP contribution in [0.3, 0.4) is 0 Å². The van der Waals surface area contributed by atoms with Gasteiger partial charge in [-0.25, -0.2) is 0 Å². The fraction of sp³-hybridized carbons (Fsp3) is 0.316. The number of hydrogen-bond donors (Lipinski definition) is 1. The van der Waals surface area contributed by atoms with Gasteiger partial charge < -0.3 is 9.72 Å². The molecule has 1 fully saturated rings. The Morgan fingerprint density at radius 1 is 1.09 bits per heavy atom. The lowest BCUT2D eigenvalue weighted by Crippen LogP contribution is -2.40. The molecule has 118 valence electrons. The van der Waals surface area contributed by atoms with Crippen LogP contribution in [0.1, 0.15) is 23.0 Å². The smallest absolute Gasteiger partial charge is 0.0801 e. The highest BCUT2D eigenvalue weighted by Gasteiger charge is 2.28. The van der Waals surface area contributed by atoms with E-state index in [1.54, 1.807) is 0 Å². The molecule has 2 aromatic heterocycles. The molecule has 4 rings (SSSR count). The number of rotatable bonds is 3. The number of para-hydroxylation sites is 1. The number of nitrogens with one attached hydrogen (secondary N) is 1. The van der Waals surface area contributed by atoms with E-state index in [2.05, 4.69) is 58.2 Å². The maximum Gasteiger partial charge on any atom is 0.0801 e. The van der Waals surface area contributed by atoms with Crippen LogP contribution in [0, 0.1) is 6.92 Å². The number of fused-ring (bicyclic) bond motifs is 1. The van der Waals surface area contributed by atoms with Crippen molar-refractivity contribution < 1.29 is 4.74 Å². The number of hydrogen-bond acceptors (Lipinski definition) is 3. The number of nitrogens with zero attached hydrogens (tertiary/aromatic N) is 2. The van der Waals surface area contributed by atoms with Gasteiger partial charge in [-0.15, -0.1) is 0 Å². The molecular weight excluding hydrogens is 286 g/mol. The summed E-state index contributed by atoms with van der Waals surface area (Å²) >= 11 is 0. The summed E-state index contributed by atoms with van der Waals surface area (Å²) in [4.78, 5) is 10.7. The Labute approximate surface area is 136 Å². The minimum Gasteiger partial charge on any atom is -0.379 e. The van der Waals surface area contributed by atoms with Crippen molar-refractivity contribution in [1.29, 1.82) is 0 Å². The average Bonchev–Trinajstić information content (AvgIpc) is 2.94. The van der Waals surface area contributed by atoms with Crippen molar-refractivity contribution in [2.24, 2.45) is 0 Å². The molecule has 0 aliphatic carbocycles. The van der Waals surface area contributed by atoms with Gasteiger partial charge in [0, 0.05) is 41.4 Å². The summed E-state index contributed by atoms with van der Waals surface area (Å²) in [7, 11) is 0. The monoisotopic (exact) mass is 307 g/mol. The van der Waals surface area contributed by atoms with Crippen molar-refractivity contribution in [3.63, 3.8) is 0 Å². The van der Waals surface area contributed by atoms with Gasteiger partial charge in [0.05, 0.1) is 24.9 Å². The molecule has 1 N–H and O–H groups in total. The molecule has 0 spiro atoms. The number of aromatic nitrogens is 2. The molecule has 1 aromatic carbocycles. The van der Waals surface area contributed by atoms with Crippen molar-refractivity contribution in [2.75, 3.05) is 26.3 Å². The van der Waals surface area contributed by atoms with Gasteiger partial charge in [-0.1, -0.05) is 24.3 Å². The van der Waals surface area contributed by atoms with Gasteiger partial charge in [-0.2, -0.15) is 0 Å². The van der Waals surface area contributed by atoms with Gasteiger partial charge in [0.15, 0.2) is 0 Å². The van der Waals surface area contributed by atoms with E-state index in [0.29, 0.717) is 0 Å². The van der Waals surface area contributed by atoms with Crippen molar-refractivity contribution in [3.05, 3.63) is 65.6 Å². The van der Waals surface area contributed by atoms with Crippen LogP contribution in [0.15, 0.2) is 48.7 Å². The van der Waals surface area contributed by atoms with Crippen molar-refractivity contribution in [2.45, 2.75) is 13.0 Å². The van der Waals surface area contributed by atoms with Crippen LogP contribution >= 0.6 is 0 Å². The molecule has 1 saturated heterocycles. The molecule has 23 heavy (non-hydrogen) atoms. The van der Waals surface area contributed by atoms with Crippen LogP contribution in [-0.4, -0.2) is 41.2 Å². The lowest BCUT2D eigenvalue weighted by atomic mass is 9.97. The third kappa shape index (κ3) is 2.64. The van der Waals surface area contributed by atoms with Gasteiger partial charge >= 0.3 is 0 Å². The van der Waals surface area contributed by atoms with Gasteiger partial charge in [-0.3, -0.25) is 9.88 Å². The number of ether oxygens (including phenoxy) is 1. The number of benzene rings is 1.